The molecule has 0 aliphatic carbocycles. The minimum absolute atomic E-state index is 0.297. The number of benzene rings is 1. The second-order valence-corrected chi connectivity index (χ2v) is 4.23. The summed E-state index contributed by atoms with van der Waals surface area (Å²) in [5, 5.41) is 13.4. The fourth-order valence-electron chi connectivity index (χ4n) is 1.19. The Bertz CT molecular complexity index is 299. The lowest BCUT2D eigenvalue weighted by Crippen LogP contribution is -2.18. The molecule has 3 heteroatoms. The van der Waals surface area contributed by atoms with E-state index in [-0.39, 0.29) is 0 Å². The van der Waals surface area contributed by atoms with Gasteiger partial charge in [-0.25, -0.2) is 0 Å². The largest absolute Gasteiger partial charge is 0.508 e. The van der Waals surface area contributed by atoms with E-state index in [1.165, 1.54) is 0 Å². The van der Waals surface area contributed by atoms with Gasteiger partial charge in [0.1, 0.15) is 5.75 Å². The van der Waals surface area contributed by atoms with Crippen LogP contribution in [0.2, 0.25) is 5.02 Å². The summed E-state index contributed by atoms with van der Waals surface area (Å²) in [5.41, 5.74) is 0.846. The van der Waals surface area contributed by atoms with Crippen molar-refractivity contribution in [1.29, 1.82) is 0 Å². The van der Waals surface area contributed by atoms with Crippen molar-refractivity contribution in [2.45, 2.75) is 20.4 Å². The first-order chi connectivity index (χ1) is 6.59. The standard InChI is InChI=1S/C11H16ClNO/c1-8(2)6-13-7-9-5-10(12)3-4-11(9)14/h3-5,8,13-14H,6-7H2,1-2H3. The molecule has 0 radical (unpaired) electrons. The number of aromatic hydroxyl groups is 1. The van der Waals surface area contributed by atoms with Gasteiger partial charge in [0.2, 0.25) is 0 Å². The van der Waals surface area contributed by atoms with Gasteiger partial charge in [0, 0.05) is 17.1 Å². The van der Waals surface area contributed by atoms with E-state index in [1.807, 2.05) is 0 Å². The van der Waals surface area contributed by atoms with Gasteiger partial charge in [-0.1, -0.05) is 25.4 Å². The molecule has 0 fully saturated rings. The molecule has 78 valence electrons. The molecule has 0 aliphatic rings. The van der Waals surface area contributed by atoms with E-state index in [9.17, 15) is 5.11 Å². The minimum Gasteiger partial charge on any atom is -0.508 e. The van der Waals surface area contributed by atoms with Crippen molar-refractivity contribution in [2.24, 2.45) is 5.92 Å². The van der Waals surface area contributed by atoms with Crippen LogP contribution in [0.25, 0.3) is 0 Å². The highest BCUT2D eigenvalue weighted by Crippen LogP contribution is 2.20. The highest BCUT2D eigenvalue weighted by atomic mass is 35.5. The maximum absolute atomic E-state index is 9.50. The van der Waals surface area contributed by atoms with E-state index in [2.05, 4.69) is 19.2 Å². The molecule has 14 heavy (non-hydrogen) atoms. The van der Waals surface area contributed by atoms with Gasteiger partial charge in [0.05, 0.1) is 0 Å². The lowest BCUT2D eigenvalue weighted by Gasteiger charge is -2.08. The summed E-state index contributed by atoms with van der Waals surface area (Å²) in [7, 11) is 0. The fourth-order valence-corrected chi connectivity index (χ4v) is 1.39. The molecular weight excluding hydrogens is 198 g/mol. The smallest absolute Gasteiger partial charge is 0.120 e. The molecule has 1 aromatic rings. The van der Waals surface area contributed by atoms with Crippen molar-refractivity contribution in [3.05, 3.63) is 28.8 Å². The molecule has 1 aromatic carbocycles. The zero-order chi connectivity index (χ0) is 10.6. The van der Waals surface area contributed by atoms with Crippen LogP contribution in [0.15, 0.2) is 18.2 Å². The van der Waals surface area contributed by atoms with E-state index >= 15 is 0 Å². The van der Waals surface area contributed by atoms with Crippen molar-refractivity contribution in [3.8, 4) is 5.75 Å². The van der Waals surface area contributed by atoms with Crippen LogP contribution in [0.5, 0.6) is 5.75 Å². The third-order valence-corrected chi connectivity index (χ3v) is 2.14. The molecular formula is C11H16ClNO. The third-order valence-electron chi connectivity index (χ3n) is 1.91. The highest BCUT2D eigenvalue weighted by Gasteiger charge is 2.01. The van der Waals surface area contributed by atoms with Gasteiger partial charge in [0.25, 0.3) is 0 Å². The Balaban J connectivity index is 2.53. The zero-order valence-electron chi connectivity index (χ0n) is 8.55. The van der Waals surface area contributed by atoms with Crippen LogP contribution in [0.1, 0.15) is 19.4 Å². The first kappa shape index (κ1) is 11.3. The van der Waals surface area contributed by atoms with Gasteiger partial charge < -0.3 is 10.4 Å². The molecule has 0 aliphatic heterocycles. The number of rotatable bonds is 4. The van der Waals surface area contributed by atoms with Crippen LogP contribution in [-0.2, 0) is 6.54 Å². The topological polar surface area (TPSA) is 32.3 Å². The average molecular weight is 214 g/mol. The Labute approximate surface area is 89.9 Å². The number of phenolic OH excluding ortho intramolecular Hbond substituents is 1. The lowest BCUT2D eigenvalue weighted by molar-refractivity contribution is 0.461. The summed E-state index contributed by atoms with van der Waals surface area (Å²) in [5.74, 6) is 0.905. The van der Waals surface area contributed by atoms with Gasteiger partial charge in [-0.3, -0.25) is 0 Å². The van der Waals surface area contributed by atoms with E-state index in [0.29, 0.717) is 23.2 Å². The number of hydrogen-bond acceptors (Lipinski definition) is 2. The van der Waals surface area contributed by atoms with Crippen LogP contribution < -0.4 is 5.32 Å². The summed E-state index contributed by atoms with van der Waals surface area (Å²) in [4.78, 5) is 0. The molecule has 0 unspecified atom stereocenters. The molecule has 0 aromatic heterocycles. The molecule has 1 rings (SSSR count). The van der Waals surface area contributed by atoms with Gasteiger partial charge in [0.15, 0.2) is 0 Å². The summed E-state index contributed by atoms with van der Waals surface area (Å²) in [6, 6.07) is 5.09. The van der Waals surface area contributed by atoms with Crippen LogP contribution in [0.3, 0.4) is 0 Å². The normalized spacial score (nSPS) is 10.9. The molecule has 0 amide bonds. The second kappa shape index (κ2) is 5.23. The van der Waals surface area contributed by atoms with E-state index < -0.39 is 0 Å². The molecule has 0 saturated carbocycles. The first-order valence-corrected chi connectivity index (χ1v) is 5.15. The number of hydrogen-bond donors (Lipinski definition) is 2. The zero-order valence-corrected chi connectivity index (χ0v) is 9.30. The van der Waals surface area contributed by atoms with E-state index in [4.69, 9.17) is 11.6 Å². The summed E-state index contributed by atoms with van der Waals surface area (Å²) >= 11 is 5.82. The quantitative estimate of drug-likeness (QED) is 0.806. The molecule has 0 bridgehead atoms. The van der Waals surface area contributed by atoms with Crippen LogP contribution in [-0.4, -0.2) is 11.7 Å². The van der Waals surface area contributed by atoms with Gasteiger partial charge in [-0.15, -0.1) is 0 Å². The van der Waals surface area contributed by atoms with Crippen molar-refractivity contribution in [1.82, 2.24) is 5.32 Å². The maximum atomic E-state index is 9.50. The number of nitrogens with one attached hydrogen (secondary N) is 1. The summed E-state index contributed by atoms with van der Waals surface area (Å²) in [6.45, 7) is 5.88. The van der Waals surface area contributed by atoms with Crippen LogP contribution in [0, 0.1) is 5.92 Å². The highest BCUT2D eigenvalue weighted by molar-refractivity contribution is 6.30. The predicted octanol–water partition coefficient (Wildman–Crippen LogP) is 2.79. The first-order valence-electron chi connectivity index (χ1n) is 4.77. The maximum Gasteiger partial charge on any atom is 0.120 e. The van der Waals surface area contributed by atoms with Gasteiger partial charge >= 0.3 is 0 Å². The third kappa shape index (κ3) is 3.56. The minimum atomic E-state index is 0.297. The summed E-state index contributed by atoms with van der Waals surface area (Å²) in [6.07, 6.45) is 0. The summed E-state index contributed by atoms with van der Waals surface area (Å²) < 4.78 is 0. The van der Waals surface area contributed by atoms with E-state index in [1.54, 1.807) is 18.2 Å². The van der Waals surface area contributed by atoms with E-state index in [0.717, 1.165) is 12.1 Å². The van der Waals surface area contributed by atoms with Crippen molar-refractivity contribution >= 4 is 11.6 Å². The molecule has 0 heterocycles. The number of phenols is 1. The average Bonchev–Trinajstić information content (AvgIpc) is 2.10. The fraction of sp³-hybridized carbons (Fsp3) is 0.455. The Morgan fingerprint density at radius 1 is 1.43 bits per heavy atom. The number of halogens is 1. The monoisotopic (exact) mass is 213 g/mol. The van der Waals surface area contributed by atoms with Crippen molar-refractivity contribution in [3.63, 3.8) is 0 Å². The van der Waals surface area contributed by atoms with Crippen LogP contribution in [0.4, 0.5) is 0 Å². The molecule has 2 N–H and O–H groups in total. The van der Waals surface area contributed by atoms with Crippen molar-refractivity contribution in [2.75, 3.05) is 6.54 Å². The SMILES string of the molecule is CC(C)CNCc1cc(Cl)ccc1O. The van der Waals surface area contributed by atoms with Crippen molar-refractivity contribution < 1.29 is 5.11 Å². The molecule has 2 nitrogen and oxygen atoms in total. The van der Waals surface area contributed by atoms with Crippen LogP contribution >= 0.6 is 11.6 Å². The molecule has 0 spiro atoms. The Morgan fingerprint density at radius 2 is 2.14 bits per heavy atom. The molecule has 0 saturated heterocycles. The Kier molecular flexibility index (Phi) is 4.23. The van der Waals surface area contributed by atoms with Gasteiger partial charge in [-0.2, -0.15) is 0 Å². The molecule has 0 atom stereocenters. The lowest BCUT2D eigenvalue weighted by atomic mass is 10.2. The predicted molar refractivity (Wildman–Crippen MR) is 59.7 cm³/mol. The Hall–Kier alpha value is -0.730. The second-order valence-electron chi connectivity index (χ2n) is 3.80. The van der Waals surface area contributed by atoms with Gasteiger partial charge in [-0.05, 0) is 30.7 Å². The Morgan fingerprint density at radius 3 is 2.79 bits per heavy atom.